The second-order valence-corrected chi connectivity index (χ2v) is 6.18. The zero-order valence-corrected chi connectivity index (χ0v) is 12.3. The fourth-order valence-corrected chi connectivity index (χ4v) is 3.61. The third-order valence-corrected chi connectivity index (χ3v) is 4.61. The van der Waals surface area contributed by atoms with Crippen molar-refractivity contribution < 1.29 is 0 Å². The van der Waals surface area contributed by atoms with E-state index in [4.69, 9.17) is 0 Å². The van der Waals surface area contributed by atoms with Gasteiger partial charge in [0.05, 0.1) is 11.4 Å². The van der Waals surface area contributed by atoms with Crippen molar-refractivity contribution in [2.24, 2.45) is 0 Å². The van der Waals surface area contributed by atoms with Gasteiger partial charge in [-0.2, -0.15) is 0 Å². The first kappa shape index (κ1) is 12.8. The molecule has 2 aliphatic rings. The van der Waals surface area contributed by atoms with Gasteiger partial charge in [-0.05, 0) is 38.4 Å². The summed E-state index contributed by atoms with van der Waals surface area (Å²) >= 11 is 0. The highest BCUT2D eigenvalue weighted by atomic mass is 15.3. The molecule has 0 amide bonds. The van der Waals surface area contributed by atoms with Crippen LogP contribution in [0.5, 0.6) is 0 Å². The molecule has 2 heterocycles. The van der Waals surface area contributed by atoms with Crippen LogP contribution in [0.4, 0.5) is 11.4 Å². The molecule has 2 aliphatic heterocycles. The van der Waals surface area contributed by atoms with Crippen molar-refractivity contribution in [2.45, 2.75) is 31.8 Å². The minimum absolute atomic E-state index is 0.607. The van der Waals surface area contributed by atoms with Crippen molar-refractivity contribution >= 4 is 11.4 Å². The van der Waals surface area contributed by atoms with Gasteiger partial charge in [-0.25, -0.2) is 0 Å². The number of anilines is 2. The van der Waals surface area contributed by atoms with Crippen molar-refractivity contribution in [3.63, 3.8) is 0 Å². The lowest BCUT2D eigenvalue weighted by atomic mass is 10.1. The molecular weight excluding hydrogens is 234 g/mol. The van der Waals surface area contributed by atoms with Gasteiger partial charge in [0.1, 0.15) is 0 Å². The predicted octanol–water partition coefficient (Wildman–Crippen LogP) is 2.43. The van der Waals surface area contributed by atoms with E-state index in [1.807, 2.05) is 0 Å². The third-order valence-electron chi connectivity index (χ3n) is 4.61. The smallest absolute Gasteiger partial charge is 0.0607 e. The monoisotopic (exact) mass is 259 g/mol. The minimum atomic E-state index is 0.607. The van der Waals surface area contributed by atoms with Crippen LogP contribution in [0.1, 0.15) is 19.8 Å². The minimum Gasteiger partial charge on any atom is -0.376 e. The lowest BCUT2D eigenvalue weighted by molar-refractivity contribution is 0.203. The molecule has 1 aromatic rings. The molecule has 3 rings (SSSR count). The summed E-state index contributed by atoms with van der Waals surface area (Å²) in [6, 6.07) is 10.2. The van der Waals surface area contributed by atoms with Gasteiger partial charge in [0.15, 0.2) is 0 Å². The average Bonchev–Trinajstić information content (AvgIpc) is 2.84. The Morgan fingerprint density at radius 3 is 2.74 bits per heavy atom. The largest absolute Gasteiger partial charge is 0.376 e. The number of hydrogen-bond acceptors (Lipinski definition) is 3. The van der Waals surface area contributed by atoms with Crippen LogP contribution in [0.25, 0.3) is 0 Å². The Morgan fingerprint density at radius 1 is 1.16 bits per heavy atom. The molecule has 0 radical (unpaired) electrons. The number of piperazine rings is 1. The van der Waals surface area contributed by atoms with Crippen LogP contribution < -0.4 is 9.80 Å². The molecule has 1 aromatic carbocycles. The van der Waals surface area contributed by atoms with Crippen LogP contribution in [0, 0.1) is 0 Å². The summed E-state index contributed by atoms with van der Waals surface area (Å²) in [6.45, 7) is 6.07. The van der Waals surface area contributed by atoms with Gasteiger partial charge >= 0.3 is 0 Å². The number of para-hydroxylation sites is 2. The molecule has 2 fully saturated rings. The maximum absolute atomic E-state index is 2.68. The van der Waals surface area contributed by atoms with Crippen molar-refractivity contribution in [3.05, 3.63) is 24.3 Å². The summed E-state index contributed by atoms with van der Waals surface area (Å²) in [6.07, 6.45) is 2.74. The highest BCUT2D eigenvalue weighted by Crippen LogP contribution is 2.34. The third kappa shape index (κ3) is 2.32. The summed E-state index contributed by atoms with van der Waals surface area (Å²) in [5, 5.41) is 0. The molecule has 0 spiro atoms. The summed E-state index contributed by atoms with van der Waals surface area (Å²) in [4.78, 5) is 7.52. The first-order valence-electron chi connectivity index (χ1n) is 7.44. The Hall–Kier alpha value is -1.22. The van der Waals surface area contributed by atoms with E-state index >= 15 is 0 Å². The van der Waals surface area contributed by atoms with Crippen LogP contribution in [0.3, 0.4) is 0 Å². The second kappa shape index (κ2) is 5.04. The van der Waals surface area contributed by atoms with E-state index in [9.17, 15) is 0 Å². The van der Waals surface area contributed by atoms with Crippen molar-refractivity contribution in [3.8, 4) is 0 Å². The van der Waals surface area contributed by atoms with E-state index in [-0.39, 0.29) is 0 Å². The maximum atomic E-state index is 2.68. The lowest BCUT2D eigenvalue weighted by Crippen LogP contribution is -2.55. The molecule has 104 valence electrons. The number of nitrogens with zero attached hydrogens (tertiary/aromatic N) is 3. The Kier molecular flexibility index (Phi) is 3.40. The van der Waals surface area contributed by atoms with Gasteiger partial charge in [0.2, 0.25) is 0 Å². The highest BCUT2D eigenvalue weighted by Gasteiger charge is 2.35. The number of benzene rings is 1. The Bertz CT molecular complexity index is 443. The average molecular weight is 259 g/mol. The van der Waals surface area contributed by atoms with Crippen LogP contribution in [-0.4, -0.2) is 50.7 Å². The molecule has 0 N–H and O–H groups in total. The van der Waals surface area contributed by atoms with E-state index in [1.54, 1.807) is 0 Å². The SMILES string of the molecule is CC1CN2CCCC2CN1c1ccccc1N(C)C. The zero-order chi connectivity index (χ0) is 13.4. The number of rotatable bonds is 2. The molecule has 2 saturated heterocycles. The number of fused-ring (bicyclic) bond motifs is 1. The molecular formula is C16H25N3. The molecule has 2 unspecified atom stereocenters. The molecule has 0 saturated carbocycles. The standard InChI is InChI=1S/C16H25N3/c1-13-11-18-10-6-7-14(18)12-19(13)16-9-5-4-8-15(16)17(2)3/h4-5,8-9,13-14H,6-7,10-12H2,1-3H3. The molecule has 3 nitrogen and oxygen atoms in total. The van der Waals surface area contributed by atoms with Crippen LogP contribution in [0.2, 0.25) is 0 Å². The topological polar surface area (TPSA) is 9.72 Å². The van der Waals surface area contributed by atoms with Gasteiger partial charge in [-0.3, -0.25) is 4.90 Å². The van der Waals surface area contributed by atoms with Crippen molar-refractivity contribution in [1.82, 2.24) is 4.90 Å². The molecule has 0 bridgehead atoms. The fraction of sp³-hybridized carbons (Fsp3) is 0.625. The number of hydrogen-bond donors (Lipinski definition) is 0. The van der Waals surface area contributed by atoms with E-state index in [1.165, 1.54) is 43.9 Å². The molecule has 19 heavy (non-hydrogen) atoms. The highest BCUT2D eigenvalue weighted by molar-refractivity contribution is 5.71. The molecule has 2 atom stereocenters. The van der Waals surface area contributed by atoms with Gasteiger partial charge in [0.25, 0.3) is 0 Å². The van der Waals surface area contributed by atoms with E-state index in [0.29, 0.717) is 6.04 Å². The van der Waals surface area contributed by atoms with Gasteiger partial charge in [0, 0.05) is 39.3 Å². The van der Waals surface area contributed by atoms with E-state index < -0.39 is 0 Å². The van der Waals surface area contributed by atoms with Crippen LogP contribution in [-0.2, 0) is 0 Å². The Balaban J connectivity index is 1.89. The Morgan fingerprint density at radius 2 is 1.95 bits per heavy atom. The zero-order valence-electron chi connectivity index (χ0n) is 12.3. The maximum Gasteiger partial charge on any atom is 0.0607 e. The Labute approximate surface area is 116 Å². The van der Waals surface area contributed by atoms with Gasteiger partial charge in [-0.15, -0.1) is 0 Å². The van der Waals surface area contributed by atoms with Gasteiger partial charge in [-0.1, -0.05) is 12.1 Å². The predicted molar refractivity (Wildman–Crippen MR) is 82.2 cm³/mol. The fourth-order valence-electron chi connectivity index (χ4n) is 3.61. The first-order valence-corrected chi connectivity index (χ1v) is 7.44. The van der Waals surface area contributed by atoms with Gasteiger partial charge < -0.3 is 9.80 Å². The first-order chi connectivity index (χ1) is 9.16. The van der Waals surface area contributed by atoms with Crippen LogP contribution >= 0.6 is 0 Å². The summed E-state index contributed by atoms with van der Waals surface area (Å²) in [5.41, 5.74) is 2.73. The van der Waals surface area contributed by atoms with Crippen molar-refractivity contribution in [2.75, 3.05) is 43.5 Å². The van der Waals surface area contributed by atoms with Crippen molar-refractivity contribution in [1.29, 1.82) is 0 Å². The molecule has 0 aliphatic carbocycles. The normalized spacial score (nSPS) is 27.4. The lowest BCUT2D eigenvalue weighted by Gasteiger charge is -2.44. The summed E-state index contributed by atoms with van der Waals surface area (Å²) < 4.78 is 0. The summed E-state index contributed by atoms with van der Waals surface area (Å²) in [5.74, 6) is 0. The summed E-state index contributed by atoms with van der Waals surface area (Å²) in [7, 11) is 4.27. The second-order valence-electron chi connectivity index (χ2n) is 6.18. The molecule has 3 heteroatoms. The quantitative estimate of drug-likeness (QED) is 0.807. The van der Waals surface area contributed by atoms with Crippen LogP contribution in [0.15, 0.2) is 24.3 Å². The molecule has 0 aromatic heterocycles. The van der Waals surface area contributed by atoms with E-state index in [0.717, 1.165) is 6.04 Å². The van der Waals surface area contributed by atoms with E-state index in [2.05, 4.69) is 60.0 Å².